The van der Waals surface area contributed by atoms with Gasteiger partial charge in [-0.05, 0) is 41.8 Å². The molecule has 0 aliphatic heterocycles. The fraction of sp³-hybridized carbons (Fsp3) is 0.400. The van der Waals surface area contributed by atoms with Crippen LogP contribution in [-0.2, 0) is 0 Å². The molecule has 1 aliphatic rings. The highest BCUT2D eigenvalue weighted by molar-refractivity contribution is 9.10. The lowest BCUT2D eigenvalue weighted by atomic mass is 10.2. The van der Waals surface area contributed by atoms with Gasteiger partial charge in [0.15, 0.2) is 0 Å². The Morgan fingerprint density at radius 3 is 2.67 bits per heavy atom. The summed E-state index contributed by atoms with van der Waals surface area (Å²) in [5.41, 5.74) is 1.10. The van der Waals surface area contributed by atoms with Crippen LogP contribution in [0.15, 0.2) is 22.8 Å². The van der Waals surface area contributed by atoms with Crippen LogP contribution in [0.25, 0.3) is 0 Å². The average molecular weight is 356 g/mol. The Labute approximate surface area is 130 Å². The molecule has 3 nitrogen and oxygen atoms in total. The van der Waals surface area contributed by atoms with Gasteiger partial charge >= 0.3 is 0 Å². The van der Waals surface area contributed by atoms with E-state index in [-0.39, 0.29) is 10.2 Å². The molecule has 1 fully saturated rings. The number of halogens is 3. The number of aryl methyl sites for hydroxylation is 1. The van der Waals surface area contributed by atoms with Gasteiger partial charge in [0.25, 0.3) is 0 Å². The molecule has 0 unspecified atom stereocenters. The van der Waals surface area contributed by atoms with Crippen molar-refractivity contribution in [3.8, 4) is 0 Å². The van der Waals surface area contributed by atoms with Crippen molar-refractivity contribution in [3.05, 3.63) is 40.1 Å². The highest BCUT2D eigenvalue weighted by atomic mass is 79.9. The van der Waals surface area contributed by atoms with Crippen LogP contribution in [-0.4, -0.2) is 9.55 Å². The smallest absolute Gasteiger partial charge is 0.207 e. The monoisotopic (exact) mass is 355 g/mol. The van der Waals surface area contributed by atoms with Crippen molar-refractivity contribution in [1.29, 1.82) is 0 Å². The fourth-order valence-electron chi connectivity index (χ4n) is 2.81. The van der Waals surface area contributed by atoms with Crippen LogP contribution in [0.1, 0.15) is 37.4 Å². The van der Waals surface area contributed by atoms with Crippen molar-refractivity contribution in [2.24, 2.45) is 0 Å². The van der Waals surface area contributed by atoms with Crippen LogP contribution in [0.5, 0.6) is 0 Å². The highest BCUT2D eigenvalue weighted by Gasteiger charge is 2.21. The van der Waals surface area contributed by atoms with Gasteiger partial charge in [0.2, 0.25) is 5.95 Å². The van der Waals surface area contributed by atoms with Crippen LogP contribution >= 0.6 is 15.9 Å². The van der Waals surface area contributed by atoms with Gasteiger partial charge in [-0.15, -0.1) is 0 Å². The van der Waals surface area contributed by atoms with E-state index in [1.165, 1.54) is 18.9 Å². The first-order chi connectivity index (χ1) is 10.0. The molecule has 3 rings (SSSR count). The van der Waals surface area contributed by atoms with Crippen molar-refractivity contribution < 1.29 is 8.78 Å². The molecule has 1 saturated carbocycles. The molecule has 112 valence electrons. The summed E-state index contributed by atoms with van der Waals surface area (Å²) in [5.74, 6) is -0.639. The first-order valence-corrected chi connectivity index (χ1v) is 7.81. The van der Waals surface area contributed by atoms with Crippen molar-refractivity contribution in [2.45, 2.75) is 38.6 Å². The number of hydrogen-bond acceptors (Lipinski definition) is 2. The average Bonchev–Trinajstić information content (AvgIpc) is 3.05. The normalized spacial score (nSPS) is 15.6. The SMILES string of the molecule is Cc1cn(C2CCCC2)c(Nc2cc(Br)c(F)cc2F)n1. The maximum Gasteiger partial charge on any atom is 0.207 e. The Balaban J connectivity index is 1.93. The van der Waals surface area contributed by atoms with Gasteiger partial charge in [-0.1, -0.05) is 12.8 Å². The molecular formula is C15H16BrF2N3. The maximum atomic E-state index is 13.9. The first-order valence-electron chi connectivity index (χ1n) is 7.01. The van der Waals surface area contributed by atoms with E-state index in [9.17, 15) is 8.78 Å². The summed E-state index contributed by atoms with van der Waals surface area (Å²) in [7, 11) is 0. The zero-order valence-corrected chi connectivity index (χ0v) is 13.3. The second-order valence-corrected chi connectivity index (χ2v) is 6.28. The Hall–Kier alpha value is -1.43. The summed E-state index contributed by atoms with van der Waals surface area (Å²) < 4.78 is 29.5. The van der Waals surface area contributed by atoms with Crippen LogP contribution in [0.2, 0.25) is 0 Å². The molecule has 2 aromatic rings. The minimum Gasteiger partial charge on any atom is -0.323 e. The standard InChI is InChI=1S/C15H16BrF2N3/c1-9-8-21(10-4-2-3-5-10)15(19-9)20-14-6-11(16)12(17)7-13(14)18/h6-8,10H,2-5H2,1H3,(H,19,20). The zero-order valence-electron chi connectivity index (χ0n) is 11.7. The molecule has 0 bridgehead atoms. The van der Waals surface area contributed by atoms with E-state index in [2.05, 4.69) is 30.8 Å². The third-order valence-corrected chi connectivity index (χ3v) is 4.43. The molecule has 0 amide bonds. The lowest BCUT2D eigenvalue weighted by Crippen LogP contribution is -2.08. The third-order valence-electron chi connectivity index (χ3n) is 3.83. The van der Waals surface area contributed by atoms with E-state index < -0.39 is 11.6 Å². The molecule has 0 saturated heterocycles. The van der Waals surface area contributed by atoms with E-state index >= 15 is 0 Å². The summed E-state index contributed by atoms with van der Waals surface area (Å²) in [5, 5.41) is 2.99. The molecule has 6 heteroatoms. The Kier molecular flexibility index (Phi) is 3.97. The lowest BCUT2D eigenvalue weighted by Gasteiger charge is -2.16. The van der Waals surface area contributed by atoms with E-state index in [1.807, 2.05) is 13.1 Å². The number of aromatic nitrogens is 2. The Morgan fingerprint density at radius 1 is 1.24 bits per heavy atom. The molecule has 1 N–H and O–H groups in total. The number of nitrogens with zero attached hydrogens (tertiary/aromatic N) is 2. The number of imidazole rings is 1. The second kappa shape index (κ2) is 5.75. The quantitative estimate of drug-likeness (QED) is 0.777. The molecule has 1 heterocycles. The predicted molar refractivity (Wildman–Crippen MR) is 81.8 cm³/mol. The number of benzene rings is 1. The second-order valence-electron chi connectivity index (χ2n) is 5.42. The lowest BCUT2D eigenvalue weighted by molar-refractivity contribution is 0.524. The Bertz CT molecular complexity index is 663. The van der Waals surface area contributed by atoms with Gasteiger partial charge in [0.1, 0.15) is 11.6 Å². The molecule has 0 radical (unpaired) electrons. The van der Waals surface area contributed by atoms with Crippen molar-refractivity contribution in [3.63, 3.8) is 0 Å². The van der Waals surface area contributed by atoms with Crippen LogP contribution in [0.3, 0.4) is 0 Å². The van der Waals surface area contributed by atoms with Gasteiger partial charge in [0.05, 0.1) is 15.9 Å². The first kappa shape index (κ1) is 14.5. The van der Waals surface area contributed by atoms with E-state index in [4.69, 9.17) is 0 Å². The van der Waals surface area contributed by atoms with Gasteiger partial charge in [-0.25, -0.2) is 13.8 Å². The third kappa shape index (κ3) is 2.95. The van der Waals surface area contributed by atoms with Crippen LogP contribution in [0, 0.1) is 18.6 Å². The number of nitrogens with one attached hydrogen (secondary N) is 1. The molecule has 21 heavy (non-hydrogen) atoms. The number of hydrogen-bond donors (Lipinski definition) is 1. The minimum atomic E-state index is -0.630. The number of rotatable bonds is 3. The number of anilines is 2. The predicted octanol–water partition coefficient (Wildman–Crippen LogP) is 5.09. The zero-order chi connectivity index (χ0) is 15.0. The summed E-state index contributed by atoms with van der Waals surface area (Å²) in [6.07, 6.45) is 6.62. The molecule has 0 spiro atoms. The van der Waals surface area contributed by atoms with Crippen LogP contribution in [0.4, 0.5) is 20.4 Å². The topological polar surface area (TPSA) is 29.9 Å². The van der Waals surface area contributed by atoms with Crippen LogP contribution < -0.4 is 5.32 Å². The van der Waals surface area contributed by atoms with Crippen molar-refractivity contribution >= 4 is 27.6 Å². The molecule has 1 aromatic heterocycles. The van der Waals surface area contributed by atoms with E-state index in [0.29, 0.717) is 12.0 Å². The Morgan fingerprint density at radius 2 is 1.95 bits per heavy atom. The van der Waals surface area contributed by atoms with Crippen molar-refractivity contribution in [2.75, 3.05) is 5.32 Å². The summed E-state index contributed by atoms with van der Waals surface area (Å²) >= 11 is 3.07. The maximum absolute atomic E-state index is 13.9. The summed E-state index contributed by atoms with van der Waals surface area (Å²) in [4.78, 5) is 4.42. The molecular weight excluding hydrogens is 340 g/mol. The van der Waals surface area contributed by atoms with Gasteiger partial charge in [-0.3, -0.25) is 0 Å². The highest BCUT2D eigenvalue weighted by Crippen LogP contribution is 2.33. The minimum absolute atomic E-state index is 0.216. The molecule has 0 atom stereocenters. The molecule has 1 aromatic carbocycles. The molecule has 1 aliphatic carbocycles. The summed E-state index contributed by atoms with van der Waals surface area (Å²) in [6.45, 7) is 1.91. The van der Waals surface area contributed by atoms with Gasteiger partial charge < -0.3 is 9.88 Å². The van der Waals surface area contributed by atoms with E-state index in [0.717, 1.165) is 24.6 Å². The van der Waals surface area contributed by atoms with Crippen molar-refractivity contribution in [1.82, 2.24) is 9.55 Å². The van der Waals surface area contributed by atoms with E-state index in [1.54, 1.807) is 0 Å². The fourth-order valence-corrected chi connectivity index (χ4v) is 3.15. The van der Waals surface area contributed by atoms with Gasteiger partial charge in [-0.2, -0.15) is 0 Å². The largest absolute Gasteiger partial charge is 0.323 e. The summed E-state index contributed by atoms with van der Waals surface area (Å²) in [6, 6.07) is 2.66. The van der Waals surface area contributed by atoms with Gasteiger partial charge in [0, 0.05) is 18.3 Å².